The van der Waals surface area contributed by atoms with Crippen molar-refractivity contribution in [1.29, 1.82) is 0 Å². The van der Waals surface area contributed by atoms with E-state index < -0.39 is 5.25 Å². The first-order valence-corrected chi connectivity index (χ1v) is 8.39. The number of tetrazole rings is 1. The molecule has 0 aliphatic heterocycles. The SMILES string of the molecule is CCOC(=O)C(Sc1nnnn1-c1ccccc1)c1ccccc1. The molecule has 7 heteroatoms. The summed E-state index contributed by atoms with van der Waals surface area (Å²) < 4.78 is 6.83. The zero-order valence-electron chi connectivity index (χ0n) is 13.1. The van der Waals surface area contributed by atoms with E-state index in [1.807, 2.05) is 60.7 Å². The van der Waals surface area contributed by atoms with Gasteiger partial charge in [0.25, 0.3) is 0 Å². The van der Waals surface area contributed by atoms with Crippen LogP contribution in [0.4, 0.5) is 0 Å². The van der Waals surface area contributed by atoms with Crippen LogP contribution in [0.5, 0.6) is 0 Å². The summed E-state index contributed by atoms with van der Waals surface area (Å²) in [5.74, 6) is -0.309. The van der Waals surface area contributed by atoms with Crippen LogP contribution in [0.1, 0.15) is 17.7 Å². The number of esters is 1. The lowest BCUT2D eigenvalue weighted by Gasteiger charge is -2.15. The van der Waals surface area contributed by atoms with Crippen molar-refractivity contribution < 1.29 is 9.53 Å². The van der Waals surface area contributed by atoms with Crippen molar-refractivity contribution in [2.75, 3.05) is 6.61 Å². The van der Waals surface area contributed by atoms with E-state index in [1.165, 1.54) is 11.8 Å². The van der Waals surface area contributed by atoms with Crippen molar-refractivity contribution in [1.82, 2.24) is 20.2 Å². The van der Waals surface area contributed by atoms with Crippen LogP contribution in [0.3, 0.4) is 0 Å². The average molecular weight is 340 g/mol. The monoisotopic (exact) mass is 340 g/mol. The van der Waals surface area contributed by atoms with Gasteiger partial charge >= 0.3 is 5.97 Å². The number of thioether (sulfide) groups is 1. The van der Waals surface area contributed by atoms with Gasteiger partial charge in [-0.3, -0.25) is 4.79 Å². The van der Waals surface area contributed by atoms with E-state index in [9.17, 15) is 4.79 Å². The Balaban J connectivity index is 1.92. The van der Waals surface area contributed by atoms with Crippen molar-refractivity contribution in [2.24, 2.45) is 0 Å². The van der Waals surface area contributed by atoms with Gasteiger partial charge in [-0.15, -0.1) is 5.10 Å². The molecule has 0 aliphatic carbocycles. The Morgan fingerprint density at radius 1 is 1.12 bits per heavy atom. The molecule has 0 saturated carbocycles. The van der Waals surface area contributed by atoms with Gasteiger partial charge in [-0.2, -0.15) is 4.68 Å². The Hall–Kier alpha value is -2.67. The highest BCUT2D eigenvalue weighted by Crippen LogP contribution is 2.35. The van der Waals surface area contributed by atoms with E-state index in [2.05, 4.69) is 15.5 Å². The Kier molecular flexibility index (Phi) is 5.22. The molecule has 0 spiro atoms. The first-order chi connectivity index (χ1) is 11.8. The molecular weight excluding hydrogens is 324 g/mol. The van der Waals surface area contributed by atoms with Crippen molar-refractivity contribution in [2.45, 2.75) is 17.3 Å². The number of ether oxygens (including phenoxy) is 1. The van der Waals surface area contributed by atoms with Gasteiger partial charge in [-0.25, -0.2) is 0 Å². The van der Waals surface area contributed by atoms with Gasteiger partial charge in [-0.05, 0) is 35.0 Å². The van der Waals surface area contributed by atoms with Gasteiger partial charge < -0.3 is 4.74 Å². The molecule has 6 nitrogen and oxygen atoms in total. The van der Waals surface area contributed by atoms with Gasteiger partial charge in [-0.1, -0.05) is 60.3 Å². The van der Waals surface area contributed by atoms with E-state index >= 15 is 0 Å². The quantitative estimate of drug-likeness (QED) is 0.507. The normalized spacial score (nSPS) is 11.9. The molecule has 122 valence electrons. The molecule has 0 N–H and O–H groups in total. The summed E-state index contributed by atoms with van der Waals surface area (Å²) in [6.45, 7) is 2.12. The van der Waals surface area contributed by atoms with Gasteiger partial charge in [0.2, 0.25) is 5.16 Å². The molecule has 1 unspecified atom stereocenters. The third-order valence-electron chi connectivity index (χ3n) is 3.27. The maximum absolute atomic E-state index is 12.4. The number of hydrogen-bond acceptors (Lipinski definition) is 6. The van der Waals surface area contributed by atoms with E-state index in [1.54, 1.807) is 11.6 Å². The minimum absolute atomic E-state index is 0.309. The summed E-state index contributed by atoms with van der Waals surface area (Å²) in [5, 5.41) is 11.8. The van der Waals surface area contributed by atoms with E-state index in [-0.39, 0.29) is 5.97 Å². The fourth-order valence-corrected chi connectivity index (χ4v) is 3.18. The van der Waals surface area contributed by atoms with E-state index in [4.69, 9.17) is 4.74 Å². The largest absolute Gasteiger partial charge is 0.465 e. The molecular formula is C17H16N4O2S. The van der Waals surface area contributed by atoms with E-state index in [0.717, 1.165) is 11.3 Å². The average Bonchev–Trinajstić information content (AvgIpc) is 3.09. The second-order valence-corrected chi connectivity index (χ2v) is 5.94. The molecule has 3 aromatic rings. The molecule has 3 rings (SSSR count). The summed E-state index contributed by atoms with van der Waals surface area (Å²) >= 11 is 1.27. The lowest BCUT2D eigenvalue weighted by atomic mass is 10.1. The number of para-hydroxylation sites is 1. The van der Waals surface area contributed by atoms with Crippen LogP contribution in [0.2, 0.25) is 0 Å². The maximum atomic E-state index is 12.4. The Morgan fingerprint density at radius 3 is 2.46 bits per heavy atom. The highest BCUT2D eigenvalue weighted by Gasteiger charge is 2.26. The molecule has 24 heavy (non-hydrogen) atoms. The highest BCUT2D eigenvalue weighted by molar-refractivity contribution is 8.00. The number of benzene rings is 2. The van der Waals surface area contributed by atoms with Crippen LogP contribution in [0, 0.1) is 0 Å². The topological polar surface area (TPSA) is 69.9 Å². The Labute approximate surface area is 143 Å². The van der Waals surface area contributed by atoms with Gasteiger partial charge in [0.05, 0.1) is 12.3 Å². The van der Waals surface area contributed by atoms with Gasteiger partial charge in [0.15, 0.2) is 0 Å². The molecule has 1 aromatic heterocycles. The molecule has 1 atom stereocenters. The predicted octanol–water partition coefficient (Wildman–Crippen LogP) is 3.06. The van der Waals surface area contributed by atoms with Crippen LogP contribution in [-0.2, 0) is 9.53 Å². The Morgan fingerprint density at radius 2 is 1.79 bits per heavy atom. The number of rotatable bonds is 6. The van der Waals surface area contributed by atoms with Crippen LogP contribution in [-0.4, -0.2) is 32.8 Å². The zero-order valence-corrected chi connectivity index (χ0v) is 13.9. The second-order valence-electron chi connectivity index (χ2n) is 4.87. The molecule has 2 aromatic carbocycles. The summed E-state index contributed by atoms with van der Waals surface area (Å²) in [5.41, 5.74) is 1.68. The van der Waals surface area contributed by atoms with Crippen LogP contribution in [0.15, 0.2) is 65.8 Å². The third-order valence-corrected chi connectivity index (χ3v) is 4.43. The number of carbonyl (C=O) groups excluding carboxylic acids is 1. The number of carbonyl (C=O) groups is 1. The van der Waals surface area contributed by atoms with Crippen molar-refractivity contribution in [3.63, 3.8) is 0 Å². The fraction of sp³-hybridized carbons (Fsp3) is 0.176. The van der Waals surface area contributed by atoms with Gasteiger partial charge in [0.1, 0.15) is 5.25 Å². The molecule has 0 fully saturated rings. The van der Waals surface area contributed by atoms with Crippen LogP contribution >= 0.6 is 11.8 Å². The minimum Gasteiger partial charge on any atom is -0.465 e. The number of hydrogen-bond donors (Lipinski definition) is 0. The van der Waals surface area contributed by atoms with Crippen molar-refractivity contribution >= 4 is 17.7 Å². The highest BCUT2D eigenvalue weighted by atomic mass is 32.2. The van der Waals surface area contributed by atoms with Crippen molar-refractivity contribution in [3.8, 4) is 5.69 Å². The summed E-state index contributed by atoms with van der Waals surface area (Å²) in [6, 6.07) is 19.0. The number of aromatic nitrogens is 4. The lowest BCUT2D eigenvalue weighted by Crippen LogP contribution is -2.14. The summed E-state index contributed by atoms with van der Waals surface area (Å²) in [6.07, 6.45) is 0. The first-order valence-electron chi connectivity index (χ1n) is 7.51. The summed E-state index contributed by atoms with van der Waals surface area (Å²) in [4.78, 5) is 12.4. The molecule has 0 bridgehead atoms. The molecule has 0 saturated heterocycles. The third kappa shape index (κ3) is 3.62. The first kappa shape index (κ1) is 16.2. The second kappa shape index (κ2) is 7.74. The smallest absolute Gasteiger partial charge is 0.324 e. The number of nitrogens with zero attached hydrogens (tertiary/aromatic N) is 4. The molecule has 0 amide bonds. The standard InChI is InChI=1S/C17H16N4O2S/c1-2-23-16(22)15(13-9-5-3-6-10-13)24-17-18-19-20-21(17)14-11-7-4-8-12-14/h3-12,15H,2H2,1H3. The van der Waals surface area contributed by atoms with Crippen LogP contribution < -0.4 is 0 Å². The van der Waals surface area contributed by atoms with Crippen molar-refractivity contribution in [3.05, 3.63) is 66.2 Å². The fourth-order valence-electron chi connectivity index (χ4n) is 2.19. The maximum Gasteiger partial charge on any atom is 0.324 e. The predicted molar refractivity (Wildman–Crippen MR) is 90.8 cm³/mol. The van der Waals surface area contributed by atoms with E-state index in [0.29, 0.717) is 11.8 Å². The summed E-state index contributed by atoms with van der Waals surface area (Å²) in [7, 11) is 0. The van der Waals surface area contributed by atoms with Gasteiger partial charge in [0, 0.05) is 0 Å². The Bertz CT molecular complexity index is 793. The zero-order chi connectivity index (χ0) is 16.8. The molecule has 0 radical (unpaired) electrons. The lowest BCUT2D eigenvalue weighted by molar-refractivity contribution is -0.142. The molecule has 1 heterocycles. The van der Waals surface area contributed by atoms with Crippen LogP contribution in [0.25, 0.3) is 5.69 Å². The molecule has 0 aliphatic rings. The minimum atomic E-state index is -0.528.